The molecule has 3 atom stereocenters. The normalized spacial score (nSPS) is 18.6. The predicted molar refractivity (Wildman–Crippen MR) is 193 cm³/mol. The molecular weight excluding hydrogens is 657 g/mol. The van der Waals surface area contributed by atoms with Crippen molar-refractivity contribution in [3.63, 3.8) is 0 Å². The van der Waals surface area contributed by atoms with Gasteiger partial charge in [0.2, 0.25) is 11.8 Å². The van der Waals surface area contributed by atoms with Crippen LogP contribution in [0.1, 0.15) is 83.6 Å². The van der Waals surface area contributed by atoms with Crippen LogP contribution in [0.25, 0.3) is 0 Å². The van der Waals surface area contributed by atoms with Gasteiger partial charge in [-0.3, -0.25) is 19.2 Å². The number of hydrogen-bond acceptors (Lipinski definition) is 9. The van der Waals surface area contributed by atoms with Gasteiger partial charge in [-0.1, -0.05) is 39.8 Å². The summed E-state index contributed by atoms with van der Waals surface area (Å²) < 4.78 is 10.8. The molecule has 1 aliphatic heterocycles. The quantitative estimate of drug-likeness (QED) is 0.260. The molecule has 2 aromatic carbocycles. The zero-order valence-corrected chi connectivity index (χ0v) is 30.6. The van der Waals surface area contributed by atoms with E-state index in [1.54, 1.807) is 49.9 Å². The molecule has 1 aromatic heterocycles. The van der Waals surface area contributed by atoms with Crippen LogP contribution < -0.4 is 31.2 Å². The Morgan fingerprint density at radius 1 is 1.04 bits per heavy atom. The summed E-state index contributed by atoms with van der Waals surface area (Å²) in [6, 6.07) is 10.7. The number of aromatic nitrogens is 1. The first-order chi connectivity index (χ1) is 23.9. The molecule has 3 aromatic rings. The lowest BCUT2D eigenvalue weighted by Crippen LogP contribution is -2.54. The molecule has 0 fully saturated rings. The standard InChI is InChI=1S/C37H50N6O6S/c1-22(2)16-27-19-43(37(47)30-21-50-36(42-30)33(38)23(3)4)20-32(44)39-15-7-8-25-18-26(11-14-31(25)49-6)34(45)41-29(35(46)40-27)17-24-9-12-28(48-5)13-10-24/h9-14,18,21-23,27,29,33H,7-8,15-17,19-20,38H2,1-6H3,(H,39,44)(H,40,46)(H,41,45)/t27-,29-,33-/m0/s1. The fourth-order valence-corrected chi connectivity index (χ4v) is 6.79. The van der Waals surface area contributed by atoms with Crippen LogP contribution in [0.3, 0.4) is 0 Å². The largest absolute Gasteiger partial charge is 0.497 e. The van der Waals surface area contributed by atoms with Crippen LogP contribution in [0.5, 0.6) is 11.5 Å². The summed E-state index contributed by atoms with van der Waals surface area (Å²) in [5.41, 5.74) is 8.52. The van der Waals surface area contributed by atoms with E-state index in [-0.39, 0.29) is 49.0 Å². The average Bonchev–Trinajstić information content (AvgIpc) is 3.58. The number of carbonyl (C=O) groups is 4. The number of rotatable bonds is 9. The lowest BCUT2D eigenvalue weighted by molar-refractivity contribution is -0.123. The number of nitrogens with zero attached hydrogens (tertiary/aromatic N) is 2. The number of fused-ring (bicyclic) bond motifs is 2. The van der Waals surface area contributed by atoms with Crippen molar-refractivity contribution in [3.05, 3.63) is 75.2 Å². The minimum atomic E-state index is -0.946. The maximum absolute atomic E-state index is 14.1. The molecule has 50 heavy (non-hydrogen) atoms. The van der Waals surface area contributed by atoms with Gasteiger partial charge in [-0.2, -0.15) is 0 Å². The van der Waals surface area contributed by atoms with Gasteiger partial charge in [0.15, 0.2) is 0 Å². The van der Waals surface area contributed by atoms with Crippen molar-refractivity contribution in [3.8, 4) is 11.5 Å². The van der Waals surface area contributed by atoms with Gasteiger partial charge < -0.3 is 36.1 Å². The average molecular weight is 707 g/mol. The Kier molecular flexibility index (Phi) is 13.8. The van der Waals surface area contributed by atoms with Crippen LogP contribution in [0, 0.1) is 11.8 Å². The molecule has 0 spiro atoms. The van der Waals surface area contributed by atoms with Crippen molar-refractivity contribution in [2.24, 2.45) is 17.6 Å². The highest BCUT2D eigenvalue weighted by atomic mass is 32.1. The van der Waals surface area contributed by atoms with Gasteiger partial charge in [0.25, 0.3) is 11.8 Å². The third-order valence-corrected chi connectivity index (χ3v) is 9.56. The van der Waals surface area contributed by atoms with E-state index < -0.39 is 29.8 Å². The number of thiazole rings is 1. The lowest BCUT2D eigenvalue weighted by atomic mass is 10.0. The van der Waals surface area contributed by atoms with Crippen LogP contribution in [0.4, 0.5) is 0 Å². The first kappa shape index (κ1) is 38.3. The van der Waals surface area contributed by atoms with Crippen molar-refractivity contribution in [1.82, 2.24) is 25.8 Å². The van der Waals surface area contributed by atoms with Gasteiger partial charge in [0, 0.05) is 36.5 Å². The molecule has 0 aliphatic carbocycles. The summed E-state index contributed by atoms with van der Waals surface area (Å²) in [6.07, 6.45) is 1.82. The molecule has 0 unspecified atom stereocenters. The molecule has 5 N–H and O–H groups in total. The van der Waals surface area contributed by atoms with E-state index in [0.717, 1.165) is 11.1 Å². The molecule has 0 radical (unpaired) electrons. The SMILES string of the molecule is COc1ccc(C[C@@H]2NC(=O)c3ccc(OC)c(c3)CCCNC(=O)CN(C(=O)c3csc([C@@H](N)C(C)C)n3)C[C@H](CC(C)C)NC2=O)cc1. The zero-order valence-electron chi connectivity index (χ0n) is 29.8. The van der Waals surface area contributed by atoms with E-state index in [2.05, 4.69) is 20.9 Å². The maximum atomic E-state index is 14.1. The number of amides is 4. The Labute approximate surface area is 298 Å². The summed E-state index contributed by atoms with van der Waals surface area (Å²) in [5.74, 6) is -0.0177. The van der Waals surface area contributed by atoms with Crippen LogP contribution in [0.15, 0.2) is 47.8 Å². The predicted octanol–water partition coefficient (Wildman–Crippen LogP) is 3.89. The van der Waals surface area contributed by atoms with E-state index in [4.69, 9.17) is 15.2 Å². The minimum absolute atomic E-state index is 0.0560. The molecule has 0 saturated carbocycles. The van der Waals surface area contributed by atoms with E-state index in [1.807, 2.05) is 39.8 Å². The molecule has 2 bridgehead atoms. The van der Waals surface area contributed by atoms with Gasteiger partial charge in [0.05, 0.1) is 26.8 Å². The maximum Gasteiger partial charge on any atom is 0.273 e. The Morgan fingerprint density at radius 2 is 1.78 bits per heavy atom. The molecule has 12 nitrogen and oxygen atoms in total. The first-order valence-corrected chi connectivity index (χ1v) is 17.9. The molecule has 4 amide bonds. The van der Waals surface area contributed by atoms with Crippen LogP contribution in [0.2, 0.25) is 0 Å². The van der Waals surface area contributed by atoms with Crippen molar-refractivity contribution in [1.29, 1.82) is 0 Å². The minimum Gasteiger partial charge on any atom is -0.497 e. The van der Waals surface area contributed by atoms with E-state index in [0.29, 0.717) is 47.9 Å². The number of carbonyl (C=O) groups excluding carboxylic acids is 4. The number of hydrogen-bond donors (Lipinski definition) is 4. The van der Waals surface area contributed by atoms with E-state index in [9.17, 15) is 19.2 Å². The summed E-state index contributed by atoms with van der Waals surface area (Å²) in [4.78, 5) is 61.1. The Morgan fingerprint density at radius 3 is 2.44 bits per heavy atom. The molecule has 2 heterocycles. The van der Waals surface area contributed by atoms with Crippen LogP contribution in [-0.4, -0.2) is 79.5 Å². The van der Waals surface area contributed by atoms with Gasteiger partial charge in [-0.25, -0.2) is 4.98 Å². The van der Waals surface area contributed by atoms with E-state index >= 15 is 0 Å². The Bertz CT molecular complexity index is 1620. The second-order valence-corrected chi connectivity index (χ2v) is 14.3. The topological polar surface area (TPSA) is 165 Å². The fraction of sp³-hybridized carbons (Fsp3) is 0.486. The summed E-state index contributed by atoms with van der Waals surface area (Å²) in [6.45, 7) is 8.19. The van der Waals surface area contributed by atoms with Crippen LogP contribution >= 0.6 is 11.3 Å². The smallest absolute Gasteiger partial charge is 0.273 e. The lowest BCUT2D eigenvalue weighted by Gasteiger charge is -2.30. The number of nitrogens with two attached hydrogens (primary N) is 1. The summed E-state index contributed by atoms with van der Waals surface area (Å²) in [5, 5.41) is 11.3. The third kappa shape index (κ3) is 10.5. The van der Waals surface area contributed by atoms with Gasteiger partial charge in [0.1, 0.15) is 28.2 Å². The number of ether oxygens (including phenoxy) is 2. The van der Waals surface area contributed by atoms with Crippen molar-refractivity contribution in [2.45, 2.75) is 71.5 Å². The van der Waals surface area contributed by atoms with Crippen molar-refractivity contribution >= 4 is 35.0 Å². The molecule has 13 heteroatoms. The third-order valence-electron chi connectivity index (χ3n) is 8.62. The highest BCUT2D eigenvalue weighted by molar-refractivity contribution is 7.09. The van der Waals surface area contributed by atoms with Crippen molar-refractivity contribution < 1.29 is 28.7 Å². The van der Waals surface area contributed by atoms with Gasteiger partial charge in [-0.05, 0) is 72.6 Å². The molecular formula is C37H50N6O6S. The second-order valence-electron chi connectivity index (χ2n) is 13.4. The monoisotopic (exact) mass is 706 g/mol. The zero-order chi connectivity index (χ0) is 36.4. The summed E-state index contributed by atoms with van der Waals surface area (Å²) in [7, 11) is 3.14. The highest BCUT2D eigenvalue weighted by Crippen LogP contribution is 2.24. The Hall–Kier alpha value is -4.49. The number of aryl methyl sites for hydroxylation is 1. The number of nitrogens with one attached hydrogen (secondary N) is 3. The fourth-order valence-electron chi connectivity index (χ4n) is 5.82. The Balaban J connectivity index is 1.70. The van der Waals surface area contributed by atoms with E-state index in [1.165, 1.54) is 16.2 Å². The van der Waals surface area contributed by atoms with Crippen LogP contribution in [-0.2, 0) is 22.4 Å². The second kappa shape index (κ2) is 18.0. The number of benzene rings is 2. The van der Waals surface area contributed by atoms with Gasteiger partial charge >= 0.3 is 0 Å². The highest BCUT2D eigenvalue weighted by Gasteiger charge is 2.30. The molecule has 4 rings (SSSR count). The molecule has 270 valence electrons. The summed E-state index contributed by atoms with van der Waals surface area (Å²) >= 11 is 1.31. The number of methoxy groups -OCH3 is 2. The van der Waals surface area contributed by atoms with Gasteiger partial charge in [-0.15, -0.1) is 11.3 Å². The molecule has 0 saturated heterocycles. The van der Waals surface area contributed by atoms with Crippen molar-refractivity contribution in [2.75, 3.05) is 33.9 Å². The first-order valence-electron chi connectivity index (χ1n) is 17.1. The molecule has 1 aliphatic rings.